The first kappa shape index (κ1) is 13.4. The Hall–Kier alpha value is -1.62. The summed E-state index contributed by atoms with van der Waals surface area (Å²) in [5.41, 5.74) is 8.30. The lowest BCUT2D eigenvalue weighted by atomic mass is 10.1. The number of thiophene rings is 1. The number of hydrogen-bond acceptors (Lipinski definition) is 3. The van der Waals surface area contributed by atoms with E-state index in [1.54, 1.807) is 11.3 Å². The van der Waals surface area contributed by atoms with Crippen molar-refractivity contribution >= 4 is 22.9 Å². The minimum absolute atomic E-state index is 0.0674. The van der Waals surface area contributed by atoms with Crippen molar-refractivity contribution < 1.29 is 0 Å². The lowest BCUT2D eigenvalue weighted by Gasteiger charge is -2.07. The van der Waals surface area contributed by atoms with Crippen LogP contribution in [0.25, 0.3) is 5.69 Å². The molecule has 1 aromatic carbocycles. The zero-order valence-corrected chi connectivity index (χ0v) is 12.3. The van der Waals surface area contributed by atoms with Crippen LogP contribution in [0.2, 0.25) is 4.34 Å². The zero-order valence-electron chi connectivity index (χ0n) is 10.7. The average Bonchev–Trinajstić information content (AvgIpc) is 3.09. The number of rotatable bonds is 4. The van der Waals surface area contributed by atoms with Crippen molar-refractivity contribution in [3.8, 4) is 5.69 Å². The van der Waals surface area contributed by atoms with Crippen LogP contribution in [0.15, 0.2) is 54.9 Å². The topological polar surface area (TPSA) is 43.8 Å². The molecule has 102 valence electrons. The van der Waals surface area contributed by atoms with Crippen LogP contribution < -0.4 is 5.73 Å². The first-order valence-corrected chi connectivity index (χ1v) is 7.51. The van der Waals surface area contributed by atoms with Crippen LogP contribution in [0.4, 0.5) is 0 Å². The fourth-order valence-electron chi connectivity index (χ4n) is 2.05. The largest absolute Gasteiger partial charge is 0.324 e. The van der Waals surface area contributed by atoms with Gasteiger partial charge in [-0.05, 0) is 24.3 Å². The van der Waals surface area contributed by atoms with Crippen LogP contribution >= 0.6 is 22.9 Å². The summed E-state index contributed by atoms with van der Waals surface area (Å²) in [6.07, 6.45) is 4.58. The molecule has 3 aromatic rings. The lowest BCUT2D eigenvalue weighted by Crippen LogP contribution is -2.11. The van der Waals surface area contributed by atoms with E-state index in [-0.39, 0.29) is 6.04 Å². The van der Waals surface area contributed by atoms with Gasteiger partial charge in [-0.1, -0.05) is 29.8 Å². The summed E-state index contributed by atoms with van der Waals surface area (Å²) in [5.74, 6) is 0. The average molecular weight is 304 g/mol. The number of hydrogen-bond donors (Lipinski definition) is 1. The van der Waals surface area contributed by atoms with Gasteiger partial charge in [0.05, 0.1) is 16.2 Å². The summed E-state index contributed by atoms with van der Waals surface area (Å²) in [7, 11) is 0. The molecule has 0 saturated heterocycles. The van der Waals surface area contributed by atoms with Gasteiger partial charge in [0.15, 0.2) is 0 Å². The summed E-state index contributed by atoms with van der Waals surface area (Å²) in [6, 6.07) is 13.9. The molecule has 0 bridgehead atoms. The third-order valence-corrected chi connectivity index (χ3v) is 4.35. The van der Waals surface area contributed by atoms with Crippen LogP contribution in [0.1, 0.15) is 16.5 Å². The first-order valence-electron chi connectivity index (χ1n) is 6.32. The lowest BCUT2D eigenvalue weighted by molar-refractivity contribution is 0.729. The maximum absolute atomic E-state index is 6.24. The Morgan fingerprint density at radius 1 is 1.20 bits per heavy atom. The Labute approximate surface area is 126 Å². The number of nitrogens with two attached hydrogens (primary N) is 1. The molecular formula is C15H14ClN3S. The van der Waals surface area contributed by atoms with E-state index in [2.05, 4.69) is 5.10 Å². The highest BCUT2D eigenvalue weighted by molar-refractivity contribution is 7.16. The van der Waals surface area contributed by atoms with E-state index in [1.807, 2.05) is 59.5 Å². The van der Waals surface area contributed by atoms with Crippen molar-refractivity contribution in [2.45, 2.75) is 12.5 Å². The van der Waals surface area contributed by atoms with Crippen LogP contribution in [-0.2, 0) is 6.42 Å². The maximum atomic E-state index is 6.24. The van der Waals surface area contributed by atoms with Gasteiger partial charge in [-0.15, -0.1) is 11.3 Å². The van der Waals surface area contributed by atoms with Crippen LogP contribution in [0, 0.1) is 0 Å². The Bertz CT molecular complexity index is 690. The molecule has 3 rings (SSSR count). The van der Waals surface area contributed by atoms with Crippen molar-refractivity contribution in [1.82, 2.24) is 9.78 Å². The van der Waals surface area contributed by atoms with E-state index in [0.29, 0.717) is 0 Å². The minimum atomic E-state index is -0.0674. The second-order valence-electron chi connectivity index (χ2n) is 4.57. The van der Waals surface area contributed by atoms with E-state index < -0.39 is 0 Å². The molecule has 20 heavy (non-hydrogen) atoms. The second-order valence-corrected chi connectivity index (χ2v) is 6.37. The van der Waals surface area contributed by atoms with Gasteiger partial charge in [0.2, 0.25) is 0 Å². The molecule has 5 heteroatoms. The summed E-state index contributed by atoms with van der Waals surface area (Å²) in [5, 5.41) is 4.37. The van der Waals surface area contributed by atoms with Gasteiger partial charge in [-0.2, -0.15) is 5.10 Å². The predicted octanol–water partition coefficient (Wildman–Crippen LogP) is 3.83. The van der Waals surface area contributed by atoms with Crippen molar-refractivity contribution in [3.63, 3.8) is 0 Å². The number of nitrogens with zero attached hydrogens (tertiary/aromatic N) is 2. The van der Waals surface area contributed by atoms with Crippen LogP contribution in [0.5, 0.6) is 0 Å². The highest BCUT2D eigenvalue weighted by atomic mass is 35.5. The summed E-state index contributed by atoms with van der Waals surface area (Å²) < 4.78 is 2.64. The Balaban J connectivity index is 1.76. The predicted molar refractivity (Wildman–Crippen MR) is 83.5 cm³/mol. The van der Waals surface area contributed by atoms with E-state index in [4.69, 9.17) is 17.3 Å². The van der Waals surface area contributed by atoms with Gasteiger partial charge >= 0.3 is 0 Å². The molecule has 0 spiro atoms. The number of aromatic nitrogens is 2. The maximum Gasteiger partial charge on any atom is 0.0931 e. The van der Waals surface area contributed by atoms with E-state index in [9.17, 15) is 0 Å². The molecule has 1 atom stereocenters. The van der Waals surface area contributed by atoms with Gasteiger partial charge in [-0.3, -0.25) is 0 Å². The van der Waals surface area contributed by atoms with Crippen molar-refractivity contribution in [2.24, 2.45) is 5.73 Å². The van der Waals surface area contributed by atoms with E-state index >= 15 is 0 Å². The fraction of sp³-hybridized carbons (Fsp3) is 0.133. The summed E-state index contributed by atoms with van der Waals surface area (Å²) >= 11 is 7.51. The van der Waals surface area contributed by atoms with Gasteiger partial charge in [-0.25, -0.2) is 4.68 Å². The second kappa shape index (κ2) is 5.79. The van der Waals surface area contributed by atoms with E-state index in [0.717, 1.165) is 22.0 Å². The molecule has 3 nitrogen and oxygen atoms in total. The number of para-hydroxylation sites is 1. The quantitative estimate of drug-likeness (QED) is 0.796. The first-order chi connectivity index (χ1) is 9.72. The van der Waals surface area contributed by atoms with Gasteiger partial charge in [0.1, 0.15) is 0 Å². The molecule has 0 aliphatic heterocycles. The monoisotopic (exact) mass is 303 g/mol. The Kier molecular flexibility index (Phi) is 3.87. The molecule has 0 fully saturated rings. The smallest absolute Gasteiger partial charge is 0.0931 e. The number of benzene rings is 1. The molecule has 2 aromatic heterocycles. The van der Waals surface area contributed by atoms with Gasteiger partial charge < -0.3 is 5.73 Å². The van der Waals surface area contributed by atoms with Crippen molar-refractivity contribution in [1.29, 1.82) is 0 Å². The Morgan fingerprint density at radius 3 is 2.70 bits per heavy atom. The minimum Gasteiger partial charge on any atom is -0.324 e. The van der Waals surface area contributed by atoms with Crippen molar-refractivity contribution in [3.05, 3.63) is 69.6 Å². The van der Waals surface area contributed by atoms with Crippen LogP contribution in [0.3, 0.4) is 0 Å². The molecule has 0 amide bonds. The zero-order chi connectivity index (χ0) is 13.9. The van der Waals surface area contributed by atoms with Gasteiger partial charge in [0.25, 0.3) is 0 Å². The molecule has 0 aliphatic rings. The Morgan fingerprint density at radius 2 is 2.00 bits per heavy atom. The van der Waals surface area contributed by atoms with Gasteiger partial charge in [0, 0.05) is 29.1 Å². The normalized spacial score (nSPS) is 12.5. The highest BCUT2D eigenvalue weighted by Gasteiger charge is 2.11. The van der Waals surface area contributed by atoms with Crippen molar-refractivity contribution in [2.75, 3.05) is 0 Å². The highest BCUT2D eigenvalue weighted by Crippen LogP contribution is 2.25. The SMILES string of the molecule is NC(Cc1ccc(Cl)s1)c1cnn(-c2ccccc2)c1. The van der Waals surface area contributed by atoms with Crippen LogP contribution in [-0.4, -0.2) is 9.78 Å². The molecule has 2 heterocycles. The third-order valence-electron chi connectivity index (χ3n) is 3.10. The molecule has 2 N–H and O–H groups in total. The summed E-state index contributed by atoms with van der Waals surface area (Å²) in [6.45, 7) is 0. The molecule has 0 radical (unpaired) electrons. The molecular weight excluding hydrogens is 290 g/mol. The molecule has 0 aliphatic carbocycles. The fourth-order valence-corrected chi connectivity index (χ4v) is 3.19. The standard InChI is InChI=1S/C15H14ClN3S/c16-15-7-6-13(20-15)8-14(17)11-9-18-19(10-11)12-4-2-1-3-5-12/h1-7,9-10,14H,8,17H2. The number of halogens is 1. The summed E-state index contributed by atoms with van der Waals surface area (Å²) in [4.78, 5) is 1.19. The van der Waals surface area contributed by atoms with E-state index in [1.165, 1.54) is 4.88 Å². The molecule has 1 unspecified atom stereocenters. The third kappa shape index (κ3) is 2.93. The molecule has 0 saturated carbocycles.